The van der Waals surface area contributed by atoms with Gasteiger partial charge in [0.2, 0.25) is 11.8 Å². The van der Waals surface area contributed by atoms with Crippen LogP contribution in [-0.2, 0) is 9.59 Å². The van der Waals surface area contributed by atoms with Gasteiger partial charge in [0.25, 0.3) is 5.56 Å². The zero-order valence-corrected chi connectivity index (χ0v) is 20.0. The molecule has 0 saturated carbocycles. The van der Waals surface area contributed by atoms with E-state index in [0.29, 0.717) is 38.1 Å². The molecule has 0 unspecified atom stereocenters. The molecule has 0 aliphatic heterocycles. The Labute approximate surface area is 205 Å². The first kappa shape index (κ1) is 23.5. The standard InChI is InChI=1S/C25H21ClN4O3S/c1-15-7-12-19(13-21(15)26)30-24(33)20-5-3-4-6-22(20)29-25(30)34-14-23(32)28-18-10-8-17(9-11-18)27-16(2)31/h3-13H,14H2,1-2H3,(H,27,31)(H,28,32). The van der Waals surface area contributed by atoms with Crippen LogP contribution in [0, 0.1) is 6.92 Å². The Morgan fingerprint density at radius 3 is 2.35 bits per heavy atom. The van der Waals surface area contributed by atoms with Gasteiger partial charge < -0.3 is 10.6 Å². The number of nitrogens with one attached hydrogen (secondary N) is 2. The van der Waals surface area contributed by atoms with E-state index in [4.69, 9.17) is 11.6 Å². The highest BCUT2D eigenvalue weighted by Crippen LogP contribution is 2.25. The highest BCUT2D eigenvalue weighted by Gasteiger charge is 2.15. The number of carbonyl (C=O) groups excluding carboxylic acids is 2. The summed E-state index contributed by atoms with van der Waals surface area (Å²) in [5.74, 6) is -0.386. The third-order valence-corrected chi connectivity index (χ3v) is 6.33. The Kier molecular flexibility index (Phi) is 7.00. The topological polar surface area (TPSA) is 93.1 Å². The molecule has 172 valence electrons. The summed E-state index contributed by atoms with van der Waals surface area (Å²) in [5.41, 5.74) is 3.02. The molecule has 1 heterocycles. The summed E-state index contributed by atoms with van der Waals surface area (Å²) in [4.78, 5) is 41.7. The molecule has 4 aromatic rings. The quantitative estimate of drug-likeness (QED) is 0.290. The van der Waals surface area contributed by atoms with Gasteiger partial charge >= 0.3 is 0 Å². The number of fused-ring (bicyclic) bond motifs is 1. The minimum atomic E-state index is -0.256. The number of aryl methyl sites for hydroxylation is 1. The van der Waals surface area contributed by atoms with Crippen molar-refractivity contribution >= 4 is 57.5 Å². The van der Waals surface area contributed by atoms with E-state index in [9.17, 15) is 14.4 Å². The van der Waals surface area contributed by atoms with Crippen LogP contribution in [0.4, 0.5) is 11.4 Å². The molecule has 3 aromatic carbocycles. The molecule has 34 heavy (non-hydrogen) atoms. The molecule has 9 heteroatoms. The smallest absolute Gasteiger partial charge is 0.266 e. The molecule has 0 spiro atoms. The average molecular weight is 493 g/mol. The van der Waals surface area contributed by atoms with E-state index in [1.54, 1.807) is 54.6 Å². The van der Waals surface area contributed by atoms with Gasteiger partial charge in [-0.05, 0) is 61.0 Å². The van der Waals surface area contributed by atoms with Gasteiger partial charge in [0, 0.05) is 23.3 Å². The number of para-hydroxylation sites is 1. The number of thioether (sulfide) groups is 1. The van der Waals surface area contributed by atoms with Gasteiger partial charge in [-0.3, -0.25) is 19.0 Å². The molecule has 0 aliphatic rings. The summed E-state index contributed by atoms with van der Waals surface area (Å²) in [6, 6.07) is 19.3. The molecular formula is C25H21ClN4O3S. The average Bonchev–Trinajstić information content (AvgIpc) is 2.81. The molecule has 0 fully saturated rings. The first-order valence-corrected chi connectivity index (χ1v) is 11.8. The molecule has 0 bridgehead atoms. The highest BCUT2D eigenvalue weighted by atomic mass is 35.5. The van der Waals surface area contributed by atoms with Gasteiger partial charge in [-0.25, -0.2) is 4.98 Å². The molecule has 0 radical (unpaired) electrons. The predicted molar refractivity (Wildman–Crippen MR) is 137 cm³/mol. The van der Waals surface area contributed by atoms with E-state index in [-0.39, 0.29) is 23.1 Å². The van der Waals surface area contributed by atoms with Crippen LogP contribution in [0.3, 0.4) is 0 Å². The number of anilines is 2. The van der Waals surface area contributed by atoms with Crippen LogP contribution in [-0.4, -0.2) is 27.1 Å². The Hall–Kier alpha value is -3.62. The largest absolute Gasteiger partial charge is 0.326 e. The van der Waals surface area contributed by atoms with E-state index < -0.39 is 0 Å². The number of aromatic nitrogens is 2. The second kappa shape index (κ2) is 10.1. The van der Waals surface area contributed by atoms with E-state index in [2.05, 4.69) is 15.6 Å². The van der Waals surface area contributed by atoms with Crippen LogP contribution in [0.1, 0.15) is 12.5 Å². The number of benzene rings is 3. The van der Waals surface area contributed by atoms with Crippen molar-refractivity contribution in [1.82, 2.24) is 9.55 Å². The SMILES string of the molecule is CC(=O)Nc1ccc(NC(=O)CSc2nc3ccccc3c(=O)n2-c2ccc(C)c(Cl)c2)cc1. The lowest BCUT2D eigenvalue weighted by Crippen LogP contribution is -2.23. The fourth-order valence-corrected chi connectivity index (χ4v) is 4.31. The Balaban J connectivity index is 1.59. The Bertz CT molecular complexity index is 1450. The summed E-state index contributed by atoms with van der Waals surface area (Å²) in [7, 11) is 0. The van der Waals surface area contributed by atoms with Crippen LogP contribution in [0.2, 0.25) is 5.02 Å². The minimum Gasteiger partial charge on any atom is -0.326 e. The zero-order chi connectivity index (χ0) is 24.2. The van der Waals surface area contributed by atoms with Gasteiger partial charge in [0.1, 0.15) is 0 Å². The van der Waals surface area contributed by atoms with Crippen molar-refractivity contribution in [2.45, 2.75) is 19.0 Å². The maximum atomic E-state index is 13.3. The first-order valence-electron chi connectivity index (χ1n) is 10.4. The molecule has 2 N–H and O–H groups in total. The predicted octanol–water partition coefficient (Wildman–Crippen LogP) is 5.04. The zero-order valence-electron chi connectivity index (χ0n) is 18.5. The number of hydrogen-bond donors (Lipinski definition) is 2. The fourth-order valence-electron chi connectivity index (χ4n) is 3.33. The van der Waals surface area contributed by atoms with Crippen molar-refractivity contribution in [3.8, 4) is 5.69 Å². The van der Waals surface area contributed by atoms with Gasteiger partial charge in [-0.2, -0.15) is 0 Å². The van der Waals surface area contributed by atoms with Crippen molar-refractivity contribution in [3.63, 3.8) is 0 Å². The molecule has 4 rings (SSSR count). The number of amides is 2. The van der Waals surface area contributed by atoms with Crippen molar-refractivity contribution in [2.24, 2.45) is 0 Å². The van der Waals surface area contributed by atoms with Crippen molar-refractivity contribution < 1.29 is 9.59 Å². The summed E-state index contributed by atoms with van der Waals surface area (Å²) >= 11 is 7.47. The summed E-state index contributed by atoms with van der Waals surface area (Å²) in [6.45, 7) is 3.31. The van der Waals surface area contributed by atoms with Crippen molar-refractivity contribution in [1.29, 1.82) is 0 Å². The maximum absolute atomic E-state index is 13.3. The van der Waals surface area contributed by atoms with Crippen LogP contribution in [0.5, 0.6) is 0 Å². The third-order valence-electron chi connectivity index (χ3n) is 4.98. The summed E-state index contributed by atoms with van der Waals surface area (Å²) < 4.78 is 1.48. The van der Waals surface area contributed by atoms with Gasteiger partial charge in [0.15, 0.2) is 5.16 Å². The first-order chi connectivity index (χ1) is 16.3. The third kappa shape index (κ3) is 5.30. The highest BCUT2D eigenvalue weighted by molar-refractivity contribution is 7.99. The number of carbonyl (C=O) groups is 2. The molecular weight excluding hydrogens is 472 g/mol. The summed E-state index contributed by atoms with van der Waals surface area (Å²) in [6.07, 6.45) is 0. The number of nitrogens with zero attached hydrogens (tertiary/aromatic N) is 2. The van der Waals surface area contributed by atoms with E-state index in [0.717, 1.165) is 17.3 Å². The molecule has 7 nitrogen and oxygen atoms in total. The van der Waals surface area contributed by atoms with Gasteiger partial charge in [0.05, 0.1) is 22.3 Å². The number of rotatable bonds is 6. The Morgan fingerprint density at radius 1 is 1.00 bits per heavy atom. The van der Waals surface area contributed by atoms with Crippen LogP contribution >= 0.6 is 23.4 Å². The van der Waals surface area contributed by atoms with Crippen LogP contribution < -0.4 is 16.2 Å². The van der Waals surface area contributed by atoms with Crippen LogP contribution in [0.25, 0.3) is 16.6 Å². The number of hydrogen-bond acceptors (Lipinski definition) is 5. The molecule has 0 aliphatic carbocycles. The van der Waals surface area contributed by atoms with E-state index >= 15 is 0 Å². The lowest BCUT2D eigenvalue weighted by molar-refractivity contribution is -0.114. The lowest BCUT2D eigenvalue weighted by atomic mass is 10.2. The normalized spacial score (nSPS) is 10.8. The number of halogens is 1. The molecule has 2 amide bonds. The second-order valence-corrected chi connectivity index (χ2v) is 8.93. The Morgan fingerprint density at radius 2 is 1.68 bits per heavy atom. The second-order valence-electron chi connectivity index (χ2n) is 7.58. The van der Waals surface area contributed by atoms with E-state index in [1.807, 2.05) is 19.1 Å². The van der Waals surface area contributed by atoms with Crippen molar-refractivity contribution in [3.05, 3.63) is 87.7 Å². The molecule has 1 aromatic heterocycles. The molecule has 0 saturated heterocycles. The lowest BCUT2D eigenvalue weighted by Gasteiger charge is -2.14. The minimum absolute atomic E-state index is 0.0395. The monoisotopic (exact) mass is 492 g/mol. The van der Waals surface area contributed by atoms with Gasteiger partial charge in [-0.1, -0.05) is 41.6 Å². The van der Waals surface area contributed by atoms with Gasteiger partial charge in [-0.15, -0.1) is 0 Å². The summed E-state index contributed by atoms with van der Waals surface area (Å²) in [5, 5.41) is 6.89. The van der Waals surface area contributed by atoms with E-state index in [1.165, 1.54) is 11.5 Å². The molecule has 0 atom stereocenters. The maximum Gasteiger partial charge on any atom is 0.266 e. The van der Waals surface area contributed by atoms with Crippen LogP contribution in [0.15, 0.2) is 76.7 Å². The van der Waals surface area contributed by atoms with Crippen molar-refractivity contribution in [2.75, 3.05) is 16.4 Å². The fraction of sp³-hybridized carbons (Fsp3) is 0.120.